The molecule has 5 heteroatoms. The maximum absolute atomic E-state index is 12.3. The van der Waals surface area contributed by atoms with E-state index >= 15 is 0 Å². The zero-order valence-corrected chi connectivity index (χ0v) is 16.6. The molecule has 1 aliphatic carbocycles. The number of amides is 1. The van der Waals surface area contributed by atoms with Crippen molar-refractivity contribution >= 4 is 44.5 Å². The van der Waals surface area contributed by atoms with E-state index in [4.69, 9.17) is 5.73 Å². The van der Waals surface area contributed by atoms with Crippen molar-refractivity contribution in [3.05, 3.63) is 69.8 Å². The average molecular weight is 424 g/mol. The van der Waals surface area contributed by atoms with Crippen LogP contribution in [0.4, 0.5) is 5.69 Å². The fourth-order valence-corrected chi connectivity index (χ4v) is 3.87. The van der Waals surface area contributed by atoms with Crippen molar-refractivity contribution in [3.8, 4) is 0 Å². The molecule has 1 amide bonds. The molecule has 0 radical (unpaired) electrons. The first-order valence-corrected chi connectivity index (χ1v) is 9.99. The monoisotopic (exact) mass is 423 g/mol. The summed E-state index contributed by atoms with van der Waals surface area (Å²) in [4.78, 5) is 15.8. The number of nitrogens with one attached hydrogen (secondary N) is 2. The third-order valence-electron chi connectivity index (χ3n) is 4.99. The van der Waals surface area contributed by atoms with Crippen molar-refractivity contribution in [3.63, 3.8) is 0 Å². The highest BCUT2D eigenvalue weighted by atomic mass is 79.9. The lowest BCUT2D eigenvalue weighted by molar-refractivity contribution is -0.115. The number of aromatic amines is 1. The molecule has 1 unspecified atom stereocenters. The summed E-state index contributed by atoms with van der Waals surface area (Å²) in [6.07, 6.45) is 7.09. The smallest absolute Gasteiger partial charge is 0.228 e. The molecule has 27 heavy (non-hydrogen) atoms. The van der Waals surface area contributed by atoms with Crippen LogP contribution in [-0.4, -0.2) is 16.9 Å². The average Bonchev–Trinajstić information content (AvgIpc) is 3.01. The predicted molar refractivity (Wildman–Crippen MR) is 115 cm³/mol. The second-order valence-corrected chi connectivity index (χ2v) is 7.97. The Balaban J connectivity index is 1.44. The molecule has 4 nitrogen and oxygen atoms in total. The summed E-state index contributed by atoms with van der Waals surface area (Å²) in [5.74, 6) is -0.0242. The van der Waals surface area contributed by atoms with Gasteiger partial charge in [-0.3, -0.25) is 4.79 Å². The van der Waals surface area contributed by atoms with Gasteiger partial charge in [0.2, 0.25) is 5.91 Å². The summed E-state index contributed by atoms with van der Waals surface area (Å²) >= 11 is 3.42. The number of aromatic nitrogens is 1. The molecule has 138 valence electrons. The third-order valence-corrected chi connectivity index (χ3v) is 5.52. The SMILES string of the molecule is NC1CCc2[nH]c3ccc(NC(=O)CC=Cc4ccc(Br)cc4)cc3c2C1. The molecule has 1 atom stereocenters. The van der Waals surface area contributed by atoms with Gasteiger partial charge in [-0.15, -0.1) is 0 Å². The maximum atomic E-state index is 12.3. The molecule has 0 fully saturated rings. The van der Waals surface area contributed by atoms with Gasteiger partial charge in [-0.1, -0.05) is 40.2 Å². The van der Waals surface area contributed by atoms with Crippen LogP contribution in [0.1, 0.15) is 29.7 Å². The first-order chi connectivity index (χ1) is 13.1. The number of rotatable bonds is 4. The number of anilines is 1. The zero-order valence-electron chi connectivity index (χ0n) is 15.0. The minimum atomic E-state index is -0.0242. The summed E-state index contributed by atoms with van der Waals surface area (Å²) < 4.78 is 1.04. The van der Waals surface area contributed by atoms with E-state index in [2.05, 4.69) is 32.3 Å². The van der Waals surface area contributed by atoms with Crippen molar-refractivity contribution < 1.29 is 4.79 Å². The Morgan fingerprint density at radius 1 is 1.26 bits per heavy atom. The maximum Gasteiger partial charge on any atom is 0.228 e. The summed E-state index contributed by atoms with van der Waals surface area (Å²) in [5, 5.41) is 4.16. The number of halogens is 1. The second kappa shape index (κ2) is 7.71. The van der Waals surface area contributed by atoms with Crippen LogP contribution < -0.4 is 11.1 Å². The zero-order chi connectivity index (χ0) is 18.8. The Morgan fingerprint density at radius 3 is 2.89 bits per heavy atom. The van der Waals surface area contributed by atoms with Crippen molar-refractivity contribution in [1.29, 1.82) is 0 Å². The van der Waals surface area contributed by atoms with Crippen LogP contribution in [0.15, 0.2) is 53.0 Å². The third kappa shape index (κ3) is 4.15. The molecule has 1 aromatic heterocycles. The van der Waals surface area contributed by atoms with Crippen molar-refractivity contribution in [2.75, 3.05) is 5.32 Å². The lowest BCUT2D eigenvalue weighted by atomic mass is 9.92. The number of aryl methyl sites for hydroxylation is 1. The number of nitrogens with two attached hydrogens (primary N) is 1. The molecule has 1 aliphatic rings. The normalized spacial score (nSPS) is 16.6. The first-order valence-electron chi connectivity index (χ1n) is 9.19. The van der Waals surface area contributed by atoms with E-state index in [9.17, 15) is 4.79 Å². The summed E-state index contributed by atoms with van der Waals surface area (Å²) in [5.41, 5.74) is 11.7. The topological polar surface area (TPSA) is 70.9 Å². The number of hydrogen-bond acceptors (Lipinski definition) is 2. The molecule has 2 aromatic carbocycles. The minimum Gasteiger partial charge on any atom is -0.358 e. The number of carbonyl (C=O) groups is 1. The summed E-state index contributed by atoms with van der Waals surface area (Å²) in [7, 11) is 0. The quantitative estimate of drug-likeness (QED) is 0.564. The molecule has 0 saturated heterocycles. The van der Waals surface area contributed by atoms with E-state index in [0.717, 1.165) is 40.5 Å². The van der Waals surface area contributed by atoms with E-state index < -0.39 is 0 Å². The Labute approximate surface area is 167 Å². The number of hydrogen-bond donors (Lipinski definition) is 3. The fraction of sp³-hybridized carbons (Fsp3) is 0.227. The molecular weight excluding hydrogens is 402 g/mol. The Bertz CT molecular complexity index is 1000. The molecule has 0 saturated carbocycles. The largest absolute Gasteiger partial charge is 0.358 e. The van der Waals surface area contributed by atoms with Gasteiger partial charge in [0, 0.05) is 39.2 Å². The van der Waals surface area contributed by atoms with Crippen molar-refractivity contribution in [2.24, 2.45) is 5.73 Å². The molecule has 0 bridgehead atoms. The van der Waals surface area contributed by atoms with Gasteiger partial charge in [-0.25, -0.2) is 0 Å². The summed E-state index contributed by atoms with van der Waals surface area (Å²) in [6.45, 7) is 0. The molecule has 1 heterocycles. The van der Waals surface area contributed by atoms with Crippen LogP contribution in [0.5, 0.6) is 0 Å². The van der Waals surface area contributed by atoms with Crippen LogP contribution in [0.25, 0.3) is 17.0 Å². The standard InChI is InChI=1S/C22H22BrN3O/c23-15-6-4-14(5-7-15)2-1-3-22(27)25-17-9-11-21-19(13-17)18-12-16(24)8-10-20(18)26-21/h1-2,4-7,9,11,13,16,26H,3,8,10,12,24H2,(H,25,27). The predicted octanol–water partition coefficient (Wildman–Crippen LogP) is 4.79. The van der Waals surface area contributed by atoms with E-state index in [1.54, 1.807) is 0 Å². The molecule has 4 rings (SSSR count). The highest BCUT2D eigenvalue weighted by Crippen LogP contribution is 2.30. The van der Waals surface area contributed by atoms with Gasteiger partial charge in [0.05, 0.1) is 0 Å². The van der Waals surface area contributed by atoms with Gasteiger partial charge in [0.1, 0.15) is 0 Å². The minimum absolute atomic E-state index is 0.0242. The van der Waals surface area contributed by atoms with Gasteiger partial charge in [0.15, 0.2) is 0 Å². The number of fused-ring (bicyclic) bond motifs is 3. The fourth-order valence-electron chi connectivity index (χ4n) is 3.61. The molecule has 4 N–H and O–H groups in total. The van der Waals surface area contributed by atoms with Gasteiger partial charge in [-0.05, 0) is 60.7 Å². The van der Waals surface area contributed by atoms with E-state index in [0.29, 0.717) is 6.42 Å². The lowest BCUT2D eigenvalue weighted by Crippen LogP contribution is -2.27. The molecular formula is C22H22BrN3O. The highest BCUT2D eigenvalue weighted by Gasteiger charge is 2.20. The highest BCUT2D eigenvalue weighted by molar-refractivity contribution is 9.10. The van der Waals surface area contributed by atoms with Crippen molar-refractivity contribution in [2.45, 2.75) is 31.7 Å². The lowest BCUT2D eigenvalue weighted by Gasteiger charge is -2.18. The Morgan fingerprint density at radius 2 is 2.07 bits per heavy atom. The number of carbonyl (C=O) groups excluding carboxylic acids is 1. The summed E-state index contributed by atoms with van der Waals surface area (Å²) in [6, 6.07) is 14.2. The Hall–Kier alpha value is -2.37. The van der Waals surface area contributed by atoms with Crippen LogP contribution in [0.2, 0.25) is 0 Å². The van der Waals surface area contributed by atoms with E-state index in [-0.39, 0.29) is 11.9 Å². The number of H-pyrrole nitrogens is 1. The Kier molecular flexibility index (Phi) is 5.14. The van der Waals surface area contributed by atoms with Crippen LogP contribution in [0, 0.1) is 0 Å². The van der Waals surface area contributed by atoms with Crippen LogP contribution in [0.3, 0.4) is 0 Å². The molecule has 0 spiro atoms. The van der Waals surface area contributed by atoms with Gasteiger partial charge >= 0.3 is 0 Å². The van der Waals surface area contributed by atoms with Crippen LogP contribution in [-0.2, 0) is 17.6 Å². The first kappa shape index (κ1) is 18.0. The van der Waals surface area contributed by atoms with Gasteiger partial charge in [-0.2, -0.15) is 0 Å². The van der Waals surface area contributed by atoms with Gasteiger partial charge in [0.25, 0.3) is 0 Å². The van der Waals surface area contributed by atoms with E-state index in [1.807, 2.05) is 48.6 Å². The van der Waals surface area contributed by atoms with Gasteiger partial charge < -0.3 is 16.0 Å². The van der Waals surface area contributed by atoms with E-state index in [1.165, 1.54) is 16.6 Å². The van der Waals surface area contributed by atoms with Crippen LogP contribution >= 0.6 is 15.9 Å². The number of benzene rings is 2. The van der Waals surface area contributed by atoms with Crippen molar-refractivity contribution in [1.82, 2.24) is 4.98 Å². The molecule has 0 aliphatic heterocycles. The second-order valence-electron chi connectivity index (χ2n) is 7.05. The molecule has 3 aromatic rings.